The second kappa shape index (κ2) is 9.91. The van der Waals surface area contributed by atoms with Gasteiger partial charge in [0.05, 0.1) is 5.69 Å². The van der Waals surface area contributed by atoms with Crippen LogP contribution < -0.4 is 15.0 Å². The summed E-state index contributed by atoms with van der Waals surface area (Å²) in [6.45, 7) is 0.290. The maximum atomic E-state index is 13.1. The van der Waals surface area contributed by atoms with Crippen molar-refractivity contribution < 1.29 is 19.1 Å². The molecular weight excluding hydrogens is 576 g/mol. The summed E-state index contributed by atoms with van der Waals surface area (Å²) in [5.41, 5.74) is 1.50. The van der Waals surface area contributed by atoms with Crippen LogP contribution in [-0.2, 0) is 16.2 Å². The van der Waals surface area contributed by atoms with Crippen LogP contribution in [0.4, 0.5) is 10.5 Å². The lowest BCUT2D eigenvalue weighted by atomic mass is 10.1. The minimum atomic E-state index is -0.842. The Morgan fingerprint density at radius 1 is 0.939 bits per heavy atom. The van der Waals surface area contributed by atoms with Crippen molar-refractivity contribution in [1.82, 2.24) is 5.32 Å². The van der Waals surface area contributed by atoms with Crippen molar-refractivity contribution in [2.24, 2.45) is 0 Å². The number of carbonyl (C=O) groups excluding carboxylic acids is 3. The number of hydrogen-bond donors (Lipinski definition) is 1. The van der Waals surface area contributed by atoms with Gasteiger partial charge in [-0.25, -0.2) is 9.69 Å². The second-order valence-electron chi connectivity index (χ2n) is 7.04. The van der Waals surface area contributed by atoms with Crippen LogP contribution in [0.2, 0.25) is 5.02 Å². The predicted molar refractivity (Wildman–Crippen MR) is 133 cm³/mol. The molecule has 0 radical (unpaired) electrons. The molecule has 1 aliphatic heterocycles. The van der Waals surface area contributed by atoms with Crippen LogP contribution in [0.3, 0.4) is 0 Å². The molecule has 1 aliphatic rings. The number of anilines is 1. The van der Waals surface area contributed by atoms with Gasteiger partial charge in [0.25, 0.3) is 11.8 Å². The number of hydrogen-bond acceptors (Lipinski definition) is 4. The van der Waals surface area contributed by atoms with Crippen LogP contribution >= 0.6 is 43.5 Å². The normalized spacial score (nSPS) is 15.1. The van der Waals surface area contributed by atoms with Gasteiger partial charge in [-0.2, -0.15) is 0 Å². The molecule has 9 heteroatoms. The van der Waals surface area contributed by atoms with Crippen LogP contribution in [-0.4, -0.2) is 17.8 Å². The Kier molecular flexibility index (Phi) is 6.97. The minimum absolute atomic E-state index is 0.207. The Labute approximate surface area is 211 Å². The van der Waals surface area contributed by atoms with E-state index in [0.29, 0.717) is 22.9 Å². The van der Waals surface area contributed by atoms with Gasteiger partial charge >= 0.3 is 6.03 Å². The fourth-order valence-corrected chi connectivity index (χ4v) is 4.00. The first-order valence-electron chi connectivity index (χ1n) is 9.65. The third-order valence-electron chi connectivity index (χ3n) is 4.75. The summed E-state index contributed by atoms with van der Waals surface area (Å²) >= 11 is 12.8. The van der Waals surface area contributed by atoms with Gasteiger partial charge in [-0.3, -0.25) is 14.9 Å². The fraction of sp³-hybridized carbons (Fsp3) is 0.0417. The molecule has 33 heavy (non-hydrogen) atoms. The molecule has 6 nitrogen and oxygen atoms in total. The molecule has 1 fully saturated rings. The van der Waals surface area contributed by atoms with Crippen LogP contribution in [0.15, 0.2) is 81.2 Å². The van der Waals surface area contributed by atoms with Crippen LogP contribution in [0.25, 0.3) is 6.08 Å². The number of carbonyl (C=O) groups is 3. The van der Waals surface area contributed by atoms with Gasteiger partial charge < -0.3 is 4.74 Å². The third kappa shape index (κ3) is 5.35. The predicted octanol–water partition coefficient (Wildman–Crippen LogP) is 6.11. The highest BCUT2D eigenvalue weighted by Crippen LogP contribution is 2.29. The Hall–Kier alpha value is -2.94. The van der Waals surface area contributed by atoms with Crippen molar-refractivity contribution in [3.63, 3.8) is 0 Å². The molecule has 1 N–H and O–H groups in total. The summed E-state index contributed by atoms with van der Waals surface area (Å²) in [4.78, 5) is 39.0. The zero-order valence-corrected chi connectivity index (χ0v) is 20.8. The van der Waals surface area contributed by atoms with Gasteiger partial charge in [0.1, 0.15) is 17.9 Å². The summed E-state index contributed by atoms with van der Waals surface area (Å²) in [6, 6.07) is 18.4. The summed E-state index contributed by atoms with van der Waals surface area (Å²) in [5, 5.41) is 2.56. The first kappa shape index (κ1) is 23.2. The van der Waals surface area contributed by atoms with Crippen molar-refractivity contribution in [3.8, 4) is 5.75 Å². The van der Waals surface area contributed by atoms with Gasteiger partial charge in [-0.1, -0.05) is 61.7 Å². The monoisotopic (exact) mass is 588 g/mol. The first-order chi connectivity index (χ1) is 15.8. The van der Waals surface area contributed by atoms with E-state index >= 15 is 0 Å². The summed E-state index contributed by atoms with van der Waals surface area (Å²) in [5.74, 6) is -1.08. The van der Waals surface area contributed by atoms with Gasteiger partial charge in [0, 0.05) is 19.5 Å². The summed E-state index contributed by atoms with van der Waals surface area (Å²) < 4.78 is 7.65. The van der Waals surface area contributed by atoms with E-state index < -0.39 is 17.8 Å². The van der Waals surface area contributed by atoms with Crippen molar-refractivity contribution in [3.05, 3.63) is 97.4 Å². The van der Waals surface area contributed by atoms with Crippen molar-refractivity contribution in [2.75, 3.05) is 4.90 Å². The zero-order chi connectivity index (χ0) is 23.5. The van der Waals surface area contributed by atoms with E-state index in [-0.39, 0.29) is 11.3 Å². The maximum Gasteiger partial charge on any atom is 0.335 e. The van der Waals surface area contributed by atoms with Crippen LogP contribution in [0.5, 0.6) is 5.75 Å². The molecule has 166 valence electrons. The lowest BCUT2D eigenvalue weighted by Crippen LogP contribution is -2.54. The average Bonchev–Trinajstić information content (AvgIpc) is 2.77. The standard InChI is InChI=1S/C24H15Br2ClN2O4/c25-16-6-4-14(5-7-16)13-33-21-9-8-17(26)10-15(21)11-20-22(30)28-24(32)29(23(20)31)19-3-1-2-18(27)12-19/h1-12H,13H2,(H,28,30,32)/b20-11+. The molecule has 0 aromatic heterocycles. The Bertz CT molecular complexity index is 1290. The number of nitrogens with zero attached hydrogens (tertiary/aromatic N) is 1. The van der Waals surface area contributed by atoms with Gasteiger partial charge in [-0.05, 0) is 60.2 Å². The van der Waals surface area contributed by atoms with Gasteiger partial charge in [0.15, 0.2) is 0 Å². The summed E-state index contributed by atoms with van der Waals surface area (Å²) in [6.07, 6.45) is 1.41. The molecule has 0 unspecified atom stereocenters. The second-order valence-corrected chi connectivity index (χ2v) is 9.30. The number of amides is 4. The molecule has 3 aromatic carbocycles. The summed E-state index contributed by atoms with van der Waals surface area (Å²) in [7, 11) is 0. The quantitative estimate of drug-likeness (QED) is 0.288. The maximum absolute atomic E-state index is 13.1. The highest BCUT2D eigenvalue weighted by atomic mass is 79.9. The Balaban J connectivity index is 1.67. The molecule has 0 saturated carbocycles. The molecule has 0 aliphatic carbocycles. The Morgan fingerprint density at radius 2 is 1.67 bits per heavy atom. The number of imide groups is 2. The van der Waals surface area contributed by atoms with E-state index in [9.17, 15) is 14.4 Å². The zero-order valence-electron chi connectivity index (χ0n) is 16.8. The van der Waals surface area contributed by atoms with Crippen LogP contribution in [0, 0.1) is 0 Å². The molecule has 1 heterocycles. The number of barbiturate groups is 1. The van der Waals surface area contributed by atoms with E-state index in [4.69, 9.17) is 16.3 Å². The molecule has 4 rings (SSSR count). The first-order valence-corrected chi connectivity index (χ1v) is 11.6. The number of nitrogens with one attached hydrogen (secondary N) is 1. The van der Waals surface area contributed by atoms with Crippen molar-refractivity contribution >= 4 is 73.1 Å². The SMILES string of the molecule is O=C1NC(=O)N(c2cccc(Cl)c2)C(=O)/C1=C/c1cc(Br)ccc1OCc1ccc(Br)cc1. The minimum Gasteiger partial charge on any atom is -0.488 e. The van der Waals surface area contributed by atoms with Gasteiger partial charge in [-0.15, -0.1) is 0 Å². The lowest BCUT2D eigenvalue weighted by Gasteiger charge is -2.26. The Morgan fingerprint density at radius 3 is 2.39 bits per heavy atom. The molecule has 0 atom stereocenters. The van der Waals surface area contributed by atoms with E-state index in [1.54, 1.807) is 36.4 Å². The molecule has 0 spiro atoms. The van der Waals surface area contributed by atoms with Crippen molar-refractivity contribution in [1.29, 1.82) is 0 Å². The number of ether oxygens (including phenoxy) is 1. The fourth-order valence-electron chi connectivity index (χ4n) is 3.17. The third-order valence-corrected chi connectivity index (χ3v) is 6.00. The molecular formula is C24H15Br2ClN2O4. The highest BCUT2D eigenvalue weighted by molar-refractivity contribution is 9.10. The average molecular weight is 591 g/mol. The number of urea groups is 1. The van der Waals surface area contributed by atoms with Crippen molar-refractivity contribution in [2.45, 2.75) is 6.61 Å². The van der Waals surface area contributed by atoms with E-state index in [0.717, 1.165) is 19.4 Å². The number of benzene rings is 3. The molecule has 3 aromatic rings. The lowest BCUT2D eigenvalue weighted by molar-refractivity contribution is -0.122. The highest BCUT2D eigenvalue weighted by Gasteiger charge is 2.37. The van der Waals surface area contributed by atoms with Crippen LogP contribution in [0.1, 0.15) is 11.1 Å². The molecule has 4 amide bonds. The topological polar surface area (TPSA) is 75.7 Å². The van der Waals surface area contributed by atoms with E-state index in [1.807, 2.05) is 24.3 Å². The molecule has 1 saturated heterocycles. The largest absolute Gasteiger partial charge is 0.488 e. The number of halogens is 3. The smallest absolute Gasteiger partial charge is 0.335 e. The van der Waals surface area contributed by atoms with E-state index in [2.05, 4.69) is 37.2 Å². The number of rotatable bonds is 5. The van der Waals surface area contributed by atoms with E-state index in [1.165, 1.54) is 12.1 Å². The molecule has 0 bridgehead atoms. The van der Waals surface area contributed by atoms with Gasteiger partial charge in [0.2, 0.25) is 0 Å².